The Morgan fingerprint density at radius 1 is 1.12 bits per heavy atom. The van der Waals surface area contributed by atoms with Crippen LogP contribution in [0.4, 0.5) is 0 Å². The van der Waals surface area contributed by atoms with Gasteiger partial charge in [-0.1, -0.05) is 18.2 Å². The Morgan fingerprint density at radius 3 is 2.46 bits per heavy atom. The van der Waals surface area contributed by atoms with Crippen molar-refractivity contribution in [2.75, 3.05) is 19.6 Å². The molecule has 2 aliphatic heterocycles. The van der Waals surface area contributed by atoms with Crippen molar-refractivity contribution in [2.45, 2.75) is 44.8 Å². The number of carboxylic acid groups (broad SMARTS) is 1. The van der Waals surface area contributed by atoms with Crippen molar-refractivity contribution in [1.29, 1.82) is 0 Å². The van der Waals surface area contributed by atoms with Gasteiger partial charge < -0.3 is 19.6 Å². The van der Waals surface area contributed by atoms with E-state index in [0.717, 1.165) is 11.3 Å². The number of carbonyl (C=O) groups excluding carboxylic acids is 2. The van der Waals surface area contributed by atoms with Crippen LogP contribution in [0, 0.1) is 0 Å². The zero-order chi connectivity index (χ0) is 18.7. The SMILES string of the molecule is CC(=O)N1CCC2(CC1)CN(C(=O)CCC(=O)O)Cc1ccccc1O2. The summed E-state index contributed by atoms with van der Waals surface area (Å²) in [4.78, 5) is 38.5. The Labute approximate surface area is 152 Å². The maximum absolute atomic E-state index is 12.6. The molecule has 1 aromatic carbocycles. The summed E-state index contributed by atoms with van der Waals surface area (Å²) in [6.07, 6.45) is 1.09. The molecule has 0 saturated carbocycles. The van der Waals surface area contributed by atoms with E-state index in [1.165, 1.54) is 0 Å². The largest absolute Gasteiger partial charge is 0.485 e. The third-order valence-corrected chi connectivity index (χ3v) is 5.16. The summed E-state index contributed by atoms with van der Waals surface area (Å²) in [7, 11) is 0. The molecule has 1 N–H and O–H groups in total. The monoisotopic (exact) mass is 360 g/mol. The summed E-state index contributed by atoms with van der Waals surface area (Å²) in [6, 6.07) is 7.63. The van der Waals surface area contributed by atoms with Gasteiger partial charge in [0.2, 0.25) is 11.8 Å². The third-order valence-electron chi connectivity index (χ3n) is 5.16. The Hall–Kier alpha value is -2.57. The summed E-state index contributed by atoms with van der Waals surface area (Å²) in [5.74, 6) is -0.351. The number of aliphatic carboxylic acids is 1. The second kappa shape index (κ2) is 7.35. The number of rotatable bonds is 3. The van der Waals surface area contributed by atoms with Gasteiger partial charge >= 0.3 is 5.97 Å². The van der Waals surface area contributed by atoms with E-state index >= 15 is 0 Å². The van der Waals surface area contributed by atoms with Gasteiger partial charge in [0.05, 0.1) is 13.0 Å². The first kappa shape index (κ1) is 18.2. The number of nitrogens with zero attached hydrogens (tertiary/aromatic N) is 2. The van der Waals surface area contributed by atoms with Crippen LogP contribution in [0.1, 0.15) is 38.2 Å². The molecular formula is C19H24N2O5. The van der Waals surface area contributed by atoms with Crippen molar-refractivity contribution in [1.82, 2.24) is 9.80 Å². The fourth-order valence-corrected chi connectivity index (χ4v) is 3.65. The second-order valence-corrected chi connectivity index (χ2v) is 7.04. The average Bonchev–Trinajstić information content (AvgIpc) is 2.76. The summed E-state index contributed by atoms with van der Waals surface area (Å²) in [5, 5.41) is 8.86. The van der Waals surface area contributed by atoms with E-state index < -0.39 is 11.6 Å². The van der Waals surface area contributed by atoms with Crippen LogP contribution in [0.15, 0.2) is 24.3 Å². The normalized spacial score (nSPS) is 18.7. The molecule has 1 aromatic rings. The maximum Gasteiger partial charge on any atom is 0.303 e. The molecule has 0 unspecified atom stereocenters. The lowest BCUT2D eigenvalue weighted by atomic mass is 9.90. The maximum atomic E-state index is 12.6. The molecule has 2 aliphatic rings. The quantitative estimate of drug-likeness (QED) is 0.886. The Kier molecular flexibility index (Phi) is 5.15. The molecule has 3 rings (SSSR count). The molecule has 7 heteroatoms. The number of amides is 2. The highest BCUT2D eigenvalue weighted by Gasteiger charge is 2.42. The highest BCUT2D eigenvalue weighted by atomic mass is 16.5. The lowest BCUT2D eigenvalue weighted by Crippen LogP contribution is -2.54. The van der Waals surface area contributed by atoms with Crippen LogP contribution in [-0.4, -0.2) is 57.9 Å². The predicted molar refractivity (Wildman–Crippen MR) is 93.6 cm³/mol. The van der Waals surface area contributed by atoms with E-state index in [1.807, 2.05) is 24.3 Å². The number of para-hydroxylation sites is 1. The third kappa shape index (κ3) is 3.98. The van der Waals surface area contributed by atoms with Crippen LogP contribution in [-0.2, 0) is 20.9 Å². The molecule has 2 heterocycles. The minimum Gasteiger partial charge on any atom is -0.485 e. The number of fused-ring (bicyclic) bond motifs is 1. The molecule has 1 fully saturated rings. The molecule has 0 radical (unpaired) electrons. The van der Waals surface area contributed by atoms with Crippen LogP contribution < -0.4 is 4.74 Å². The Morgan fingerprint density at radius 2 is 1.81 bits per heavy atom. The van der Waals surface area contributed by atoms with Crippen molar-refractivity contribution in [3.8, 4) is 5.75 Å². The first-order chi connectivity index (χ1) is 12.4. The smallest absolute Gasteiger partial charge is 0.303 e. The Bertz CT molecular complexity index is 710. The fraction of sp³-hybridized carbons (Fsp3) is 0.526. The van der Waals surface area contributed by atoms with Gasteiger partial charge in [0.25, 0.3) is 0 Å². The van der Waals surface area contributed by atoms with E-state index in [2.05, 4.69) is 0 Å². The molecule has 0 aliphatic carbocycles. The minimum atomic E-state index is -0.977. The van der Waals surface area contributed by atoms with Crippen molar-refractivity contribution >= 4 is 17.8 Å². The van der Waals surface area contributed by atoms with E-state index in [1.54, 1.807) is 16.7 Å². The van der Waals surface area contributed by atoms with E-state index in [0.29, 0.717) is 39.0 Å². The lowest BCUT2D eigenvalue weighted by molar-refractivity contribution is -0.142. The number of piperidine rings is 1. The number of benzene rings is 1. The van der Waals surface area contributed by atoms with Gasteiger partial charge in [0.1, 0.15) is 11.4 Å². The summed E-state index contributed by atoms with van der Waals surface area (Å²) in [6.45, 7) is 3.56. The zero-order valence-electron chi connectivity index (χ0n) is 14.9. The van der Waals surface area contributed by atoms with E-state index in [-0.39, 0.29) is 24.7 Å². The molecule has 2 amide bonds. The average molecular weight is 360 g/mol. The van der Waals surface area contributed by atoms with Gasteiger partial charge in [0, 0.05) is 51.4 Å². The van der Waals surface area contributed by atoms with Crippen LogP contribution in [0.5, 0.6) is 5.75 Å². The molecule has 0 atom stereocenters. The number of ether oxygens (including phenoxy) is 1. The van der Waals surface area contributed by atoms with Gasteiger partial charge in [0.15, 0.2) is 0 Å². The number of hydrogen-bond donors (Lipinski definition) is 1. The predicted octanol–water partition coefficient (Wildman–Crippen LogP) is 1.65. The summed E-state index contributed by atoms with van der Waals surface area (Å²) >= 11 is 0. The van der Waals surface area contributed by atoms with Gasteiger partial charge in [-0.25, -0.2) is 0 Å². The molecule has 7 nitrogen and oxygen atoms in total. The lowest BCUT2D eigenvalue weighted by Gasteiger charge is -2.42. The molecule has 26 heavy (non-hydrogen) atoms. The number of hydrogen-bond acceptors (Lipinski definition) is 4. The summed E-state index contributed by atoms with van der Waals surface area (Å²) in [5.41, 5.74) is 0.374. The van der Waals surface area contributed by atoms with Crippen LogP contribution in [0.25, 0.3) is 0 Å². The van der Waals surface area contributed by atoms with Gasteiger partial charge in [-0.3, -0.25) is 14.4 Å². The van der Waals surface area contributed by atoms with Crippen molar-refractivity contribution in [3.63, 3.8) is 0 Å². The van der Waals surface area contributed by atoms with Crippen molar-refractivity contribution < 1.29 is 24.2 Å². The number of likely N-dealkylation sites (tertiary alicyclic amines) is 1. The van der Waals surface area contributed by atoms with Gasteiger partial charge in [-0.2, -0.15) is 0 Å². The van der Waals surface area contributed by atoms with Crippen LogP contribution >= 0.6 is 0 Å². The van der Waals surface area contributed by atoms with Gasteiger partial charge in [-0.15, -0.1) is 0 Å². The fourth-order valence-electron chi connectivity index (χ4n) is 3.65. The zero-order valence-corrected chi connectivity index (χ0v) is 14.9. The molecule has 140 valence electrons. The Balaban J connectivity index is 1.83. The van der Waals surface area contributed by atoms with Crippen LogP contribution in [0.2, 0.25) is 0 Å². The number of carboxylic acids is 1. The molecule has 0 bridgehead atoms. The molecule has 1 spiro atoms. The van der Waals surface area contributed by atoms with E-state index in [4.69, 9.17) is 9.84 Å². The van der Waals surface area contributed by atoms with Crippen molar-refractivity contribution in [3.05, 3.63) is 29.8 Å². The molecule has 1 saturated heterocycles. The highest BCUT2D eigenvalue weighted by Crippen LogP contribution is 2.35. The molecular weight excluding hydrogens is 336 g/mol. The summed E-state index contributed by atoms with van der Waals surface area (Å²) < 4.78 is 6.37. The second-order valence-electron chi connectivity index (χ2n) is 7.04. The van der Waals surface area contributed by atoms with Crippen LogP contribution in [0.3, 0.4) is 0 Å². The minimum absolute atomic E-state index is 0.0207. The highest BCUT2D eigenvalue weighted by molar-refractivity contribution is 5.81. The molecule has 0 aromatic heterocycles. The topological polar surface area (TPSA) is 87.2 Å². The standard InChI is InChI=1S/C19H24N2O5/c1-14(22)20-10-8-19(9-11-20)13-21(17(23)6-7-18(24)25)12-15-4-2-3-5-16(15)26-19/h2-5H,6-13H2,1H3,(H,24,25). The first-order valence-corrected chi connectivity index (χ1v) is 8.91. The first-order valence-electron chi connectivity index (χ1n) is 8.91. The van der Waals surface area contributed by atoms with Gasteiger partial charge in [-0.05, 0) is 6.07 Å². The van der Waals surface area contributed by atoms with Crippen molar-refractivity contribution in [2.24, 2.45) is 0 Å². The number of carbonyl (C=O) groups is 3. The van der Waals surface area contributed by atoms with E-state index in [9.17, 15) is 14.4 Å².